The van der Waals surface area contributed by atoms with Crippen molar-refractivity contribution in [1.82, 2.24) is 19.9 Å². The number of aldehydes is 1. The highest BCUT2D eigenvalue weighted by molar-refractivity contribution is 6.35. The molecule has 0 fully saturated rings. The van der Waals surface area contributed by atoms with Crippen LogP contribution in [0.3, 0.4) is 0 Å². The number of nitrogens with zero attached hydrogens (tertiary/aromatic N) is 4. The van der Waals surface area contributed by atoms with Crippen molar-refractivity contribution in [2.45, 2.75) is 19.9 Å². The van der Waals surface area contributed by atoms with Gasteiger partial charge in [-0.25, -0.2) is 9.97 Å². The van der Waals surface area contributed by atoms with Crippen LogP contribution in [-0.4, -0.2) is 36.4 Å². The molecule has 0 aliphatic carbocycles. The number of carbonyl (C=O) groups excluding carboxylic acids is 1. The predicted molar refractivity (Wildman–Crippen MR) is 233 cm³/mol. The molecule has 0 aliphatic rings. The Morgan fingerprint density at radius 2 is 1.23 bits per heavy atom. The van der Waals surface area contributed by atoms with Crippen molar-refractivity contribution in [3.63, 3.8) is 0 Å². The highest BCUT2D eigenvalue weighted by Crippen LogP contribution is 2.39. The third kappa shape index (κ3) is 11.8. The summed E-state index contributed by atoms with van der Waals surface area (Å²) >= 11 is 23.9. The van der Waals surface area contributed by atoms with Gasteiger partial charge in [0.15, 0.2) is 6.29 Å². The number of anilines is 2. The Morgan fingerprint density at radius 3 is 1.84 bits per heavy atom. The number of pyridine rings is 4. The van der Waals surface area contributed by atoms with E-state index < -0.39 is 6.04 Å². The first kappa shape index (κ1) is 42.2. The molecule has 288 valence electrons. The van der Waals surface area contributed by atoms with Crippen LogP contribution in [0.5, 0.6) is 11.5 Å². The summed E-state index contributed by atoms with van der Waals surface area (Å²) in [5.41, 5.74) is 10.6. The van der Waals surface area contributed by atoms with Gasteiger partial charge in [-0.3, -0.25) is 14.8 Å². The van der Waals surface area contributed by atoms with Crippen molar-refractivity contribution in [1.29, 1.82) is 0 Å². The van der Waals surface area contributed by atoms with Gasteiger partial charge in [0.25, 0.3) is 0 Å². The third-order valence-electron chi connectivity index (χ3n) is 8.20. The molecule has 0 saturated heterocycles. The maximum absolute atomic E-state index is 11.0. The van der Waals surface area contributed by atoms with Crippen molar-refractivity contribution in [3.8, 4) is 11.5 Å². The molecule has 13 heteroatoms. The van der Waals surface area contributed by atoms with E-state index in [1.54, 1.807) is 67.3 Å². The van der Waals surface area contributed by atoms with E-state index in [1.165, 1.54) is 6.07 Å². The van der Waals surface area contributed by atoms with Crippen LogP contribution in [0.1, 0.15) is 38.7 Å². The van der Waals surface area contributed by atoms with Gasteiger partial charge in [0.1, 0.15) is 34.2 Å². The summed E-state index contributed by atoms with van der Waals surface area (Å²) in [5.74, 6) is 1.59. The molecule has 4 aromatic carbocycles. The average molecular weight is 839 g/mol. The number of aromatic hydroxyl groups is 2. The summed E-state index contributed by atoms with van der Waals surface area (Å²) in [6.07, 6.45) is 7.43. The number of phenolic OH excluding ortho intramolecular Hbond substituents is 2. The number of phenols is 2. The summed E-state index contributed by atoms with van der Waals surface area (Å²) < 4.78 is 0. The molecule has 57 heavy (non-hydrogen) atoms. The van der Waals surface area contributed by atoms with E-state index in [-0.39, 0.29) is 11.5 Å². The van der Waals surface area contributed by atoms with E-state index in [0.29, 0.717) is 60.2 Å². The molecule has 5 N–H and O–H groups in total. The number of para-hydroxylation sites is 1. The normalized spacial score (nSPS) is 10.8. The van der Waals surface area contributed by atoms with Crippen LogP contribution in [0.15, 0.2) is 140 Å². The van der Waals surface area contributed by atoms with E-state index in [9.17, 15) is 15.0 Å². The number of benzene rings is 4. The van der Waals surface area contributed by atoms with Crippen LogP contribution < -0.4 is 11.1 Å². The highest BCUT2D eigenvalue weighted by Gasteiger charge is 2.23. The number of hydrogen-bond acceptors (Lipinski definition) is 9. The molecule has 0 saturated carbocycles. The van der Waals surface area contributed by atoms with Gasteiger partial charge < -0.3 is 21.3 Å². The lowest BCUT2D eigenvalue weighted by Gasteiger charge is -2.23. The molecule has 9 nitrogen and oxygen atoms in total. The standard InChI is InChI=1S/C22H17Cl2N3O.C9H7NO.C7H4Cl2O.C6H8N2/c1-13-8-10-25-19(11-13)27-21(17-12-15(23)5-7-18(17)24)16-6-4-14-3-2-9-26-20(14)22(16)28;11-8-5-1-3-7-4-2-6-10-9(7)8;8-6-1-2-7(9)5(3-6)4-10;1-5-2-3-8-6(7)4-5/h2-12,21,28H,1H3,(H,25,27);1-6,11H;1-4H;2-4H,1H3,(H2,7,8). The fraction of sp³-hybridized carbons (Fsp3) is 0.0682. The van der Waals surface area contributed by atoms with Crippen LogP contribution in [-0.2, 0) is 0 Å². The van der Waals surface area contributed by atoms with Crippen LogP contribution in [0, 0.1) is 13.8 Å². The smallest absolute Gasteiger partial charge is 0.151 e. The molecule has 1 unspecified atom stereocenters. The first-order valence-corrected chi connectivity index (χ1v) is 18.8. The minimum absolute atomic E-state index is 0.0966. The maximum atomic E-state index is 11.0. The molecule has 0 spiro atoms. The maximum Gasteiger partial charge on any atom is 0.151 e. The number of fused-ring (bicyclic) bond motifs is 2. The first-order valence-electron chi connectivity index (χ1n) is 17.2. The summed E-state index contributed by atoms with van der Waals surface area (Å²) in [6.45, 7) is 3.98. The van der Waals surface area contributed by atoms with Gasteiger partial charge in [-0.05, 0) is 109 Å². The van der Waals surface area contributed by atoms with E-state index in [0.717, 1.165) is 27.5 Å². The Kier molecular flexibility index (Phi) is 15.0. The van der Waals surface area contributed by atoms with E-state index in [2.05, 4.69) is 25.3 Å². The van der Waals surface area contributed by atoms with Crippen LogP contribution in [0.25, 0.3) is 21.8 Å². The van der Waals surface area contributed by atoms with Gasteiger partial charge in [0.2, 0.25) is 0 Å². The molecular weight excluding hydrogens is 802 g/mol. The van der Waals surface area contributed by atoms with Gasteiger partial charge in [-0.15, -0.1) is 0 Å². The van der Waals surface area contributed by atoms with Gasteiger partial charge in [0.05, 0.1) is 11.1 Å². The molecule has 8 rings (SSSR count). The summed E-state index contributed by atoms with van der Waals surface area (Å²) in [4.78, 5) is 26.8. The molecule has 0 amide bonds. The molecule has 4 heterocycles. The number of nitrogens with two attached hydrogens (primary N) is 1. The van der Waals surface area contributed by atoms with E-state index in [1.807, 2.05) is 80.6 Å². The Balaban J connectivity index is 0.000000173. The van der Waals surface area contributed by atoms with Gasteiger partial charge in [-0.1, -0.05) is 82.8 Å². The van der Waals surface area contributed by atoms with Gasteiger partial charge in [0, 0.05) is 61.8 Å². The lowest BCUT2D eigenvalue weighted by atomic mass is 9.96. The lowest BCUT2D eigenvalue weighted by molar-refractivity contribution is 0.112. The monoisotopic (exact) mass is 836 g/mol. The quantitative estimate of drug-likeness (QED) is 0.124. The molecule has 8 aromatic rings. The Hall–Kier alpha value is -5.97. The van der Waals surface area contributed by atoms with Crippen molar-refractivity contribution < 1.29 is 15.0 Å². The second-order valence-corrected chi connectivity index (χ2v) is 14.1. The number of rotatable bonds is 5. The number of hydrogen-bond donors (Lipinski definition) is 4. The third-order valence-corrected chi connectivity index (χ3v) is 9.36. The van der Waals surface area contributed by atoms with Crippen LogP contribution in [0.2, 0.25) is 20.1 Å². The summed E-state index contributed by atoms with van der Waals surface area (Å²) in [5, 5.41) is 27.5. The van der Waals surface area contributed by atoms with Crippen molar-refractivity contribution in [2.75, 3.05) is 11.1 Å². The zero-order valence-electron chi connectivity index (χ0n) is 30.6. The Labute approximate surface area is 349 Å². The zero-order chi connectivity index (χ0) is 40.9. The molecule has 0 bridgehead atoms. The molecule has 0 radical (unpaired) electrons. The number of aromatic nitrogens is 4. The summed E-state index contributed by atoms with van der Waals surface area (Å²) in [7, 11) is 0. The fourth-order valence-electron chi connectivity index (χ4n) is 5.45. The number of carbonyl (C=O) groups is 1. The minimum atomic E-state index is -0.466. The predicted octanol–water partition coefficient (Wildman–Crippen LogP) is 11.9. The summed E-state index contributed by atoms with van der Waals surface area (Å²) in [6, 6.07) is 33.8. The zero-order valence-corrected chi connectivity index (χ0v) is 33.6. The Morgan fingerprint density at radius 1 is 0.614 bits per heavy atom. The lowest BCUT2D eigenvalue weighted by Crippen LogP contribution is -2.14. The van der Waals surface area contributed by atoms with Crippen molar-refractivity contribution in [2.24, 2.45) is 0 Å². The highest BCUT2D eigenvalue weighted by atomic mass is 35.5. The molecule has 0 aliphatic heterocycles. The van der Waals surface area contributed by atoms with Crippen molar-refractivity contribution in [3.05, 3.63) is 188 Å². The van der Waals surface area contributed by atoms with E-state index >= 15 is 0 Å². The molecular formula is C44H36Cl4N6O3. The molecule has 1 atom stereocenters. The van der Waals surface area contributed by atoms with E-state index in [4.69, 9.17) is 52.1 Å². The average Bonchev–Trinajstić information content (AvgIpc) is 3.20. The fourth-order valence-corrected chi connectivity index (χ4v) is 6.20. The largest absolute Gasteiger partial charge is 0.506 e. The van der Waals surface area contributed by atoms with Gasteiger partial charge >= 0.3 is 0 Å². The second-order valence-electron chi connectivity index (χ2n) is 12.4. The van der Waals surface area contributed by atoms with Crippen molar-refractivity contribution >= 4 is 86.1 Å². The van der Waals surface area contributed by atoms with Crippen LogP contribution >= 0.6 is 46.4 Å². The number of nitrogen functional groups attached to an aromatic ring is 1. The second kappa shape index (κ2) is 20.3. The SMILES string of the molecule is Cc1ccnc(N)c1.Cc1ccnc(NC(c2cc(Cl)ccc2Cl)c2ccc3cccnc3c2O)c1.O=Cc1cc(Cl)ccc1Cl.Oc1cccc2cccnc12. The number of nitrogens with one attached hydrogen (secondary N) is 1. The minimum Gasteiger partial charge on any atom is -0.506 e. The topological polar surface area (TPSA) is 147 Å². The molecule has 4 aromatic heterocycles. The number of aryl methyl sites for hydroxylation is 2. The van der Waals surface area contributed by atoms with Gasteiger partial charge in [-0.2, -0.15) is 0 Å². The Bertz CT molecular complexity index is 2610. The first-order chi connectivity index (χ1) is 27.4. The van der Waals surface area contributed by atoms with Crippen LogP contribution in [0.4, 0.5) is 11.6 Å². The number of halogens is 4.